The average Bonchev–Trinajstić information content (AvgIpc) is 2.32. The fraction of sp³-hybridized carbons (Fsp3) is 0.0667. The zero-order valence-electron chi connectivity index (χ0n) is 9.50. The third kappa shape index (κ3) is 2.85. The normalized spacial score (nSPS) is 9.53. The molecule has 2 aromatic rings. The summed E-state index contributed by atoms with van der Waals surface area (Å²) in [7, 11) is 0. The number of rotatable bonds is 0. The summed E-state index contributed by atoms with van der Waals surface area (Å²) in [6, 6.07) is 12.0. The van der Waals surface area contributed by atoms with Crippen LogP contribution < -0.4 is 5.73 Å². The molecule has 0 spiro atoms. The van der Waals surface area contributed by atoms with E-state index in [1.807, 2.05) is 31.2 Å². The molecule has 0 saturated carbocycles. The van der Waals surface area contributed by atoms with Crippen LogP contribution in [0.4, 0.5) is 10.1 Å². The molecule has 0 heterocycles. The number of anilines is 1. The van der Waals surface area contributed by atoms with Crippen LogP contribution in [0.25, 0.3) is 0 Å². The molecule has 0 amide bonds. The van der Waals surface area contributed by atoms with E-state index >= 15 is 0 Å². The van der Waals surface area contributed by atoms with Crippen molar-refractivity contribution in [2.24, 2.45) is 0 Å². The first-order valence-corrected chi connectivity index (χ1v) is 5.29. The van der Waals surface area contributed by atoms with E-state index in [9.17, 15) is 4.39 Å². The molecule has 2 N–H and O–H groups in total. The molecular formula is C15H12FN. The summed E-state index contributed by atoms with van der Waals surface area (Å²) < 4.78 is 13.0. The minimum atomic E-state index is -0.326. The predicted molar refractivity (Wildman–Crippen MR) is 68.0 cm³/mol. The van der Waals surface area contributed by atoms with Gasteiger partial charge in [0.15, 0.2) is 0 Å². The first-order chi connectivity index (χ1) is 8.15. The molecule has 0 aromatic heterocycles. The maximum absolute atomic E-state index is 13.0. The molecule has 0 fully saturated rings. The molecule has 2 rings (SSSR count). The van der Waals surface area contributed by atoms with Crippen LogP contribution >= 0.6 is 0 Å². The van der Waals surface area contributed by atoms with E-state index in [2.05, 4.69) is 11.8 Å². The molecule has 0 bridgehead atoms. The van der Waals surface area contributed by atoms with E-state index in [4.69, 9.17) is 5.73 Å². The van der Waals surface area contributed by atoms with Gasteiger partial charge in [0.05, 0.1) is 5.56 Å². The lowest BCUT2D eigenvalue weighted by atomic mass is 10.1. The third-order valence-electron chi connectivity index (χ3n) is 2.41. The fourth-order valence-electron chi connectivity index (χ4n) is 1.41. The van der Waals surface area contributed by atoms with Gasteiger partial charge < -0.3 is 5.73 Å². The highest BCUT2D eigenvalue weighted by Gasteiger charge is 1.97. The highest BCUT2D eigenvalue weighted by Crippen LogP contribution is 2.12. The predicted octanol–water partition coefficient (Wildman–Crippen LogP) is 3.12. The van der Waals surface area contributed by atoms with Crippen molar-refractivity contribution in [3.63, 3.8) is 0 Å². The lowest BCUT2D eigenvalue weighted by molar-refractivity contribution is 0.627. The Morgan fingerprint density at radius 3 is 2.41 bits per heavy atom. The van der Waals surface area contributed by atoms with Crippen LogP contribution in [0.3, 0.4) is 0 Å². The molecule has 0 aliphatic carbocycles. The second kappa shape index (κ2) is 4.71. The summed E-state index contributed by atoms with van der Waals surface area (Å²) in [6.07, 6.45) is 0. The average molecular weight is 225 g/mol. The molecule has 2 aromatic carbocycles. The van der Waals surface area contributed by atoms with E-state index in [1.54, 1.807) is 0 Å². The Bertz CT molecular complexity index is 589. The van der Waals surface area contributed by atoms with Gasteiger partial charge in [-0.1, -0.05) is 29.5 Å². The standard InChI is InChI=1S/C15H12FN/c1-11-2-4-12(5-3-11)6-7-13-10-14(16)8-9-15(13)17/h2-5,8-10H,17H2,1H3. The van der Waals surface area contributed by atoms with Gasteiger partial charge in [0, 0.05) is 11.3 Å². The van der Waals surface area contributed by atoms with Crippen molar-refractivity contribution >= 4 is 5.69 Å². The Kier molecular flexibility index (Phi) is 3.11. The van der Waals surface area contributed by atoms with Crippen LogP contribution in [0, 0.1) is 24.6 Å². The lowest BCUT2D eigenvalue weighted by Gasteiger charge is -1.97. The Morgan fingerprint density at radius 1 is 1.00 bits per heavy atom. The first-order valence-electron chi connectivity index (χ1n) is 5.29. The molecule has 0 aliphatic rings. The van der Waals surface area contributed by atoms with Crippen LogP contribution in [-0.4, -0.2) is 0 Å². The van der Waals surface area contributed by atoms with Gasteiger partial charge in [0.25, 0.3) is 0 Å². The van der Waals surface area contributed by atoms with E-state index in [1.165, 1.54) is 23.8 Å². The first kappa shape index (κ1) is 11.2. The number of nitrogens with two attached hydrogens (primary N) is 1. The maximum atomic E-state index is 13.0. The van der Waals surface area contributed by atoms with Crippen molar-refractivity contribution in [2.45, 2.75) is 6.92 Å². The summed E-state index contributed by atoms with van der Waals surface area (Å²) in [5.74, 6) is 5.51. The number of aryl methyl sites for hydroxylation is 1. The fourth-order valence-corrected chi connectivity index (χ4v) is 1.41. The van der Waals surface area contributed by atoms with E-state index in [0.717, 1.165) is 5.56 Å². The molecular weight excluding hydrogens is 213 g/mol. The van der Waals surface area contributed by atoms with E-state index in [-0.39, 0.29) is 5.82 Å². The van der Waals surface area contributed by atoms with Gasteiger partial charge in [-0.15, -0.1) is 0 Å². The van der Waals surface area contributed by atoms with Gasteiger partial charge in [-0.3, -0.25) is 0 Å². The molecule has 17 heavy (non-hydrogen) atoms. The summed E-state index contributed by atoms with van der Waals surface area (Å²) in [4.78, 5) is 0. The van der Waals surface area contributed by atoms with Crippen LogP contribution in [-0.2, 0) is 0 Å². The van der Waals surface area contributed by atoms with Crippen molar-refractivity contribution in [3.8, 4) is 11.8 Å². The second-order valence-electron chi connectivity index (χ2n) is 3.85. The molecule has 0 saturated heterocycles. The number of hydrogen-bond donors (Lipinski definition) is 1. The summed E-state index contributed by atoms with van der Waals surface area (Å²) in [6.45, 7) is 2.02. The third-order valence-corrected chi connectivity index (χ3v) is 2.41. The minimum Gasteiger partial charge on any atom is -0.398 e. The van der Waals surface area contributed by atoms with Crippen LogP contribution in [0.15, 0.2) is 42.5 Å². The highest BCUT2D eigenvalue weighted by atomic mass is 19.1. The van der Waals surface area contributed by atoms with Crippen molar-refractivity contribution in [1.29, 1.82) is 0 Å². The van der Waals surface area contributed by atoms with E-state index < -0.39 is 0 Å². The quantitative estimate of drug-likeness (QED) is 0.541. The van der Waals surface area contributed by atoms with Crippen LogP contribution in [0.1, 0.15) is 16.7 Å². The molecule has 0 radical (unpaired) electrons. The molecule has 1 nitrogen and oxygen atoms in total. The SMILES string of the molecule is Cc1ccc(C#Cc2cc(F)ccc2N)cc1. The van der Waals surface area contributed by atoms with Gasteiger partial charge in [0.2, 0.25) is 0 Å². The summed E-state index contributed by atoms with van der Waals surface area (Å²) in [5.41, 5.74) is 8.79. The second-order valence-corrected chi connectivity index (χ2v) is 3.85. The lowest BCUT2D eigenvalue weighted by Crippen LogP contribution is -1.90. The smallest absolute Gasteiger partial charge is 0.124 e. The minimum absolute atomic E-state index is 0.326. The van der Waals surface area contributed by atoms with Crippen molar-refractivity contribution in [2.75, 3.05) is 5.73 Å². The van der Waals surface area contributed by atoms with Gasteiger partial charge in [-0.2, -0.15) is 0 Å². The number of nitrogen functional groups attached to an aromatic ring is 1. The molecule has 84 valence electrons. The maximum Gasteiger partial charge on any atom is 0.124 e. The van der Waals surface area contributed by atoms with Crippen LogP contribution in [0.2, 0.25) is 0 Å². The molecule has 0 atom stereocenters. The Hall–Kier alpha value is -2.27. The van der Waals surface area contributed by atoms with Gasteiger partial charge in [0.1, 0.15) is 5.82 Å². The van der Waals surface area contributed by atoms with Crippen molar-refractivity contribution in [1.82, 2.24) is 0 Å². The Balaban J connectivity index is 2.32. The van der Waals surface area contributed by atoms with Gasteiger partial charge in [-0.25, -0.2) is 4.39 Å². The van der Waals surface area contributed by atoms with Crippen LogP contribution in [0.5, 0.6) is 0 Å². The van der Waals surface area contributed by atoms with Gasteiger partial charge in [-0.05, 0) is 37.3 Å². The summed E-state index contributed by atoms with van der Waals surface area (Å²) in [5, 5.41) is 0. The number of hydrogen-bond acceptors (Lipinski definition) is 1. The largest absolute Gasteiger partial charge is 0.398 e. The van der Waals surface area contributed by atoms with Crippen molar-refractivity contribution < 1.29 is 4.39 Å². The zero-order chi connectivity index (χ0) is 12.3. The topological polar surface area (TPSA) is 26.0 Å². The van der Waals surface area contributed by atoms with E-state index in [0.29, 0.717) is 11.3 Å². The molecule has 0 unspecified atom stereocenters. The summed E-state index contributed by atoms with van der Waals surface area (Å²) >= 11 is 0. The number of halogens is 1. The Labute approximate surface area is 100 Å². The zero-order valence-corrected chi connectivity index (χ0v) is 9.50. The number of benzene rings is 2. The molecule has 2 heteroatoms. The highest BCUT2D eigenvalue weighted by molar-refractivity contribution is 5.57. The monoisotopic (exact) mass is 225 g/mol. The van der Waals surface area contributed by atoms with Crippen molar-refractivity contribution in [3.05, 3.63) is 65.0 Å². The molecule has 0 aliphatic heterocycles. The Morgan fingerprint density at radius 2 is 1.71 bits per heavy atom. The van der Waals surface area contributed by atoms with Gasteiger partial charge >= 0.3 is 0 Å².